The standard InChI is InChI=1S/C32H31N3O6S/c1-38-29-17-26-27(18-30(29)40-20-24(36)19-35-10-12-39-13-11-35)33-9-8-28(26)41-25-7-5-21-15-23(6-4-22(21)16-25)34-32(37)31-3-2-14-42-31/h2-9,14-18,24,36H,10-13,19-20H2,1H3,(H,34,37)/t24-/m0/s1. The minimum Gasteiger partial charge on any atom is -0.493 e. The summed E-state index contributed by atoms with van der Waals surface area (Å²) in [6.45, 7) is 3.61. The topological polar surface area (TPSA) is 102 Å². The number of nitrogens with one attached hydrogen (secondary N) is 1. The maximum Gasteiger partial charge on any atom is 0.265 e. The van der Waals surface area contributed by atoms with E-state index in [1.54, 1.807) is 25.4 Å². The number of aromatic nitrogens is 1. The molecule has 2 N–H and O–H groups in total. The number of β-amino-alcohol motifs (C(OH)–C–C–N with tert-alkyl or cyclic N) is 1. The van der Waals surface area contributed by atoms with Gasteiger partial charge in [0.15, 0.2) is 11.5 Å². The number of hydrogen-bond acceptors (Lipinski definition) is 9. The van der Waals surface area contributed by atoms with Gasteiger partial charge in [0.2, 0.25) is 0 Å². The number of methoxy groups -OCH3 is 1. The van der Waals surface area contributed by atoms with Crippen LogP contribution in [0, 0.1) is 0 Å². The first-order valence-corrected chi connectivity index (χ1v) is 14.6. The van der Waals surface area contributed by atoms with Crippen molar-refractivity contribution in [3.63, 3.8) is 0 Å². The van der Waals surface area contributed by atoms with Crippen molar-refractivity contribution in [3.05, 3.63) is 83.2 Å². The third-order valence-electron chi connectivity index (χ3n) is 7.03. The zero-order valence-corrected chi connectivity index (χ0v) is 23.9. The average Bonchev–Trinajstić information content (AvgIpc) is 3.56. The Morgan fingerprint density at radius 3 is 2.69 bits per heavy atom. The lowest BCUT2D eigenvalue weighted by Crippen LogP contribution is -2.42. The van der Waals surface area contributed by atoms with E-state index in [4.69, 9.17) is 18.9 Å². The van der Waals surface area contributed by atoms with Gasteiger partial charge in [-0.2, -0.15) is 0 Å². The molecule has 1 atom stereocenters. The molecule has 6 rings (SSSR count). The number of thiophene rings is 1. The first-order chi connectivity index (χ1) is 20.6. The van der Waals surface area contributed by atoms with Crippen molar-refractivity contribution < 1.29 is 28.8 Å². The molecule has 1 amide bonds. The first-order valence-electron chi connectivity index (χ1n) is 13.7. The highest BCUT2D eigenvalue weighted by atomic mass is 32.1. The SMILES string of the molecule is COc1cc2c(Oc3ccc4cc(NC(=O)c5cccs5)ccc4c3)ccnc2cc1OC[C@@H](O)CN1CCOCC1. The molecule has 1 fully saturated rings. The van der Waals surface area contributed by atoms with E-state index in [-0.39, 0.29) is 12.5 Å². The Balaban J connectivity index is 1.16. The summed E-state index contributed by atoms with van der Waals surface area (Å²) < 4.78 is 23.3. The van der Waals surface area contributed by atoms with Gasteiger partial charge in [-0.3, -0.25) is 14.7 Å². The summed E-state index contributed by atoms with van der Waals surface area (Å²) in [6, 6.07) is 20.7. The average molecular weight is 586 g/mol. The van der Waals surface area contributed by atoms with Crippen LogP contribution in [0.25, 0.3) is 21.7 Å². The lowest BCUT2D eigenvalue weighted by molar-refractivity contribution is 0.00446. The summed E-state index contributed by atoms with van der Waals surface area (Å²) in [7, 11) is 1.58. The molecule has 1 saturated heterocycles. The number of carbonyl (C=O) groups is 1. The number of hydrogen-bond donors (Lipinski definition) is 2. The molecule has 2 aromatic heterocycles. The van der Waals surface area contributed by atoms with Crippen LogP contribution in [-0.2, 0) is 4.74 Å². The zero-order valence-electron chi connectivity index (χ0n) is 23.1. The Kier molecular flexibility index (Phi) is 8.47. The van der Waals surface area contributed by atoms with Crippen LogP contribution in [0.15, 0.2) is 78.3 Å². The monoisotopic (exact) mass is 585 g/mol. The highest BCUT2D eigenvalue weighted by Crippen LogP contribution is 2.37. The van der Waals surface area contributed by atoms with Gasteiger partial charge in [-0.05, 0) is 58.6 Å². The zero-order chi connectivity index (χ0) is 28.9. The number of rotatable bonds is 10. The van der Waals surface area contributed by atoms with Gasteiger partial charge in [0.05, 0.1) is 30.7 Å². The van der Waals surface area contributed by atoms with Crippen molar-refractivity contribution in [2.75, 3.05) is 51.9 Å². The predicted molar refractivity (Wildman–Crippen MR) is 163 cm³/mol. The highest BCUT2D eigenvalue weighted by Gasteiger charge is 2.18. The molecule has 5 aromatic rings. The van der Waals surface area contributed by atoms with E-state index >= 15 is 0 Å². The molecule has 9 nitrogen and oxygen atoms in total. The number of carbonyl (C=O) groups excluding carboxylic acids is 1. The van der Waals surface area contributed by atoms with Crippen molar-refractivity contribution in [3.8, 4) is 23.0 Å². The summed E-state index contributed by atoms with van der Waals surface area (Å²) >= 11 is 1.41. The van der Waals surface area contributed by atoms with Crippen molar-refractivity contribution in [2.24, 2.45) is 0 Å². The fraction of sp³-hybridized carbons (Fsp3) is 0.250. The van der Waals surface area contributed by atoms with E-state index in [0.717, 1.165) is 34.9 Å². The molecule has 0 radical (unpaired) electrons. The largest absolute Gasteiger partial charge is 0.493 e. The third-order valence-corrected chi connectivity index (χ3v) is 7.90. The van der Waals surface area contributed by atoms with Crippen LogP contribution in [0.2, 0.25) is 0 Å². The first kappa shape index (κ1) is 27.9. The molecule has 42 heavy (non-hydrogen) atoms. The van der Waals surface area contributed by atoms with Crippen LogP contribution in [0.4, 0.5) is 5.69 Å². The number of fused-ring (bicyclic) bond motifs is 2. The number of benzene rings is 3. The molecule has 0 saturated carbocycles. The summed E-state index contributed by atoms with van der Waals surface area (Å²) in [6.07, 6.45) is 1.04. The van der Waals surface area contributed by atoms with Crippen molar-refractivity contribution >= 4 is 44.6 Å². The second-order valence-electron chi connectivity index (χ2n) is 9.96. The van der Waals surface area contributed by atoms with E-state index < -0.39 is 6.10 Å². The lowest BCUT2D eigenvalue weighted by Gasteiger charge is -2.28. The van der Waals surface area contributed by atoms with Gasteiger partial charge in [-0.1, -0.05) is 18.2 Å². The van der Waals surface area contributed by atoms with Gasteiger partial charge >= 0.3 is 0 Å². The van der Waals surface area contributed by atoms with Crippen LogP contribution >= 0.6 is 11.3 Å². The smallest absolute Gasteiger partial charge is 0.265 e. The third kappa shape index (κ3) is 6.47. The Labute approximate surface area is 247 Å². The van der Waals surface area contributed by atoms with Crippen LogP contribution in [-0.4, -0.2) is 73.6 Å². The minimum atomic E-state index is -0.646. The molecule has 0 spiro atoms. The molecule has 1 aliphatic heterocycles. The second kappa shape index (κ2) is 12.7. The number of aliphatic hydroxyl groups is 1. The summed E-state index contributed by atoms with van der Waals surface area (Å²) in [5.41, 5.74) is 1.41. The molecule has 0 bridgehead atoms. The quantitative estimate of drug-likeness (QED) is 0.219. The number of anilines is 1. The predicted octanol–water partition coefficient (Wildman–Crippen LogP) is 5.57. The molecule has 1 aliphatic rings. The van der Waals surface area contributed by atoms with Gasteiger partial charge in [0.1, 0.15) is 24.2 Å². The van der Waals surface area contributed by atoms with E-state index in [2.05, 4.69) is 15.2 Å². The Morgan fingerprint density at radius 2 is 1.88 bits per heavy atom. The molecular weight excluding hydrogens is 554 g/mol. The molecule has 3 heterocycles. The Bertz CT molecular complexity index is 1690. The number of morpholine rings is 1. The molecule has 216 valence electrons. The second-order valence-corrected chi connectivity index (χ2v) is 10.9. The minimum absolute atomic E-state index is 0.123. The van der Waals surface area contributed by atoms with Gasteiger partial charge < -0.3 is 29.4 Å². The van der Waals surface area contributed by atoms with E-state index in [9.17, 15) is 9.90 Å². The van der Waals surface area contributed by atoms with Crippen molar-refractivity contribution in [1.29, 1.82) is 0 Å². The van der Waals surface area contributed by atoms with Gasteiger partial charge in [0, 0.05) is 43.0 Å². The Morgan fingerprint density at radius 1 is 1.05 bits per heavy atom. The molecule has 0 aliphatic carbocycles. The lowest BCUT2D eigenvalue weighted by atomic mass is 10.1. The number of pyridine rings is 1. The molecule has 3 aromatic carbocycles. The number of amides is 1. The van der Waals surface area contributed by atoms with Crippen LogP contribution < -0.4 is 19.5 Å². The Hall–Kier alpha value is -4.22. The van der Waals surface area contributed by atoms with Crippen molar-refractivity contribution in [2.45, 2.75) is 6.10 Å². The van der Waals surface area contributed by atoms with E-state index in [0.29, 0.717) is 53.2 Å². The summed E-state index contributed by atoms with van der Waals surface area (Å²) in [5.74, 6) is 2.19. The van der Waals surface area contributed by atoms with Gasteiger partial charge in [-0.15, -0.1) is 11.3 Å². The number of aliphatic hydroxyl groups excluding tert-OH is 1. The molecule has 10 heteroatoms. The molecule has 0 unspecified atom stereocenters. The van der Waals surface area contributed by atoms with Crippen molar-refractivity contribution in [1.82, 2.24) is 9.88 Å². The maximum absolute atomic E-state index is 12.4. The normalized spacial score (nSPS) is 14.5. The fourth-order valence-corrected chi connectivity index (χ4v) is 5.52. The summed E-state index contributed by atoms with van der Waals surface area (Å²) in [4.78, 5) is 19.8. The number of ether oxygens (including phenoxy) is 4. The van der Waals surface area contributed by atoms with Crippen LogP contribution in [0.1, 0.15) is 9.67 Å². The van der Waals surface area contributed by atoms with Gasteiger partial charge in [-0.25, -0.2) is 0 Å². The molecular formula is C32H31N3O6S. The highest BCUT2D eigenvalue weighted by molar-refractivity contribution is 7.12. The summed E-state index contributed by atoms with van der Waals surface area (Å²) in [5, 5.41) is 18.1. The van der Waals surface area contributed by atoms with Gasteiger partial charge in [0.25, 0.3) is 5.91 Å². The fourth-order valence-electron chi connectivity index (χ4n) is 4.90. The number of nitrogens with zero attached hydrogens (tertiary/aromatic N) is 2. The van der Waals surface area contributed by atoms with E-state index in [1.165, 1.54) is 11.3 Å². The van der Waals surface area contributed by atoms with Crippen LogP contribution in [0.3, 0.4) is 0 Å². The van der Waals surface area contributed by atoms with Crippen LogP contribution in [0.5, 0.6) is 23.0 Å². The maximum atomic E-state index is 12.4. The van der Waals surface area contributed by atoms with E-state index in [1.807, 2.05) is 60.0 Å².